The van der Waals surface area contributed by atoms with Gasteiger partial charge < -0.3 is 19.4 Å². The Morgan fingerprint density at radius 3 is 2.42 bits per heavy atom. The molecule has 196 valence electrons. The zero-order chi connectivity index (χ0) is 27.2. The fourth-order valence-corrected chi connectivity index (χ4v) is 4.52. The van der Waals surface area contributed by atoms with Crippen LogP contribution in [0.4, 0.5) is 4.39 Å². The lowest BCUT2D eigenvalue weighted by atomic mass is 10.1. The summed E-state index contributed by atoms with van der Waals surface area (Å²) < 4.78 is 20.1. The molecule has 0 bridgehead atoms. The van der Waals surface area contributed by atoms with E-state index in [4.69, 9.17) is 4.74 Å². The normalized spacial score (nSPS) is 13.1. The number of benzene rings is 2. The third-order valence-electron chi connectivity index (χ3n) is 5.99. The van der Waals surface area contributed by atoms with E-state index >= 15 is 0 Å². The van der Waals surface area contributed by atoms with Gasteiger partial charge in [-0.3, -0.25) is 14.6 Å². The van der Waals surface area contributed by atoms with Crippen LogP contribution in [-0.4, -0.2) is 38.1 Å². The fourth-order valence-electron chi connectivity index (χ4n) is 4.14. The number of ether oxygens (including phenoxy) is 1. The van der Waals surface area contributed by atoms with Gasteiger partial charge in [-0.25, -0.2) is 4.39 Å². The number of aryl methyl sites for hydroxylation is 1. The lowest BCUT2D eigenvalue weighted by Gasteiger charge is -2.31. The molecule has 0 fully saturated rings. The first-order chi connectivity index (χ1) is 18.3. The van der Waals surface area contributed by atoms with Gasteiger partial charge in [0.2, 0.25) is 0 Å². The van der Waals surface area contributed by atoms with Crippen molar-refractivity contribution in [1.29, 1.82) is 0 Å². The molecule has 5 rings (SSSR count). The Kier molecular flexibility index (Phi) is 8.52. The molecule has 0 radical (unpaired) electrons. The largest absolute Gasteiger partial charge is 0.422 e. The van der Waals surface area contributed by atoms with Crippen LogP contribution in [-0.2, 0) is 23.2 Å². The van der Waals surface area contributed by atoms with Crippen molar-refractivity contribution in [3.8, 4) is 5.75 Å². The molecule has 0 atom stereocenters. The number of alkyl halides is 1. The molecule has 0 unspecified atom stereocenters. The number of carbonyl (C=O) groups excluding carboxylic acids is 2. The van der Waals surface area contributed by atoms with Gasteiger partial charge in [0, 0.05) is 38.1 Å². The molecule has 3 heterocycles. The monoisotopic (exact) mass is 580 g/mol. The molecule has 1 aliphatic heterocycles. The number of esters is 1. The maximum Gasteiger partial charge on any atom is 0.308 e. The Hall–Kier alpha value is -4.05. The van der Waals surface area contributed by atoms with Crippen molar-refractivity contribution in [3.63, 3.8) is 0 Å². The third kappa shape index (κ3) is 5.91. The highest BCUT2D eigenvalue weighted by atomic mass is 79.9. The molecule has 2 aromatic carbocycles. The van der Waals surface area contributed by atoms with E-state index in [1.807, 2.05) is 0 Å². The highest BCUT2D eigenvalue weighted by molar-refractivity contribution is 9.08. The number of amides is 1. The zero-order valence-corrected chi connectivity index (χ0v) is 22.5. The minimum absolute atomic E-state index is 0.0225. The van der Waals surface area contributed by atoms with Gasteiger partial charge in [0.1, 0.15) is 11.3 Å². The minimum atomic E-state index is -0.600. The summed E-state index contributed by atoms with van der Waals surface area (Å²) in [6, 6.07) is 17.7. The summed E-state index contributed by atoms with van der Waals surface area (Å²) in [6.45, 7) is 4.24. The second-order valence-electron chi connectivity index (χ2n) is 8.72. The first-order valence-corrected chi connectivity index (χ1v) is 13.0. The number of carbonyl (C=O) groups is 2. The second-order valence-corrected chi connectivity index (χ2v) is 9.28. The van der Waals surface area contributed by atoms with Gasteiger partial charge >= 0.3 is 5.97 Å². The highest BCUT2D eigenvalue weighted by Crippen LogP contribution is 2.30. The highest BCUT2D eigenvalue weighted by Gasteiger charge is 2.32. The number of aromatic nitrogens is 2. The maximum absolute atomic E-state index is 13.3. The van der Waals surface area contributed by atoms with Gasteiger partial charge in [-0.15, -0.1) is 0 Å². The van der Waals surface area contributed by atoms with E-state index in [9.17, 15) is 19.2 Å². The number of halogens is 2. The van der Waals surface area contributed by atoms with E-state index in [1.165, 1.54) is 40.9 Å². The molecule has 38 heavy (non-hydrogen) atoms. The van der Waals surface area contributed by atoms with Gasteiger partial charge in [-0.1, -0.05) is 63.0 Å². The number of fused-ring (bicyclic) bond motifs is 2. The summed E-state index contributed by atoms with van der Waals surface area (Å²) in [5, 5.41) is 14.3. The molecule has 10 heteroatoms. The topological polar surface area (TPSA) is 97.0 Å². The van der Waals surface area contributed by atoms with Gasteiger partial charge in [0.05, 0.1) is 5.39 Å². The molecule has 0 saturated carbocycles. The lowest BCUT2D eigenvalue weighted by Crippen LogP contribution is -2.44. The second kappa shape index (κ2) is 12.0. The molecule has 4 aromatic rings. The Morgan fingerprint density at radius 1 is 1.11 bits per heavy atom. The molecular weight excluding hydrogens is 555 g/mol. The van der Waals surface area contributed by atoms with E-state index in [1.54, 1.807) is 29.2 Å². The molecule has 1 amide bonds. The number of rotatable bonds is 4. The molecule has 0 spiro atoms. The van der Waals surface area contributed by atoms with Crippen LogP contribution in [0.2, 0.25) is 0 Å². The average Bonchev–Trinajstić information content (AvgIpc) is 2.92. The van der Waals surface area contributed by atoms with Crippen molar-refractivity contribution >= 4 is 38.7 Å². The smallest absolute Gasteiger partial charge is 0.308 e. The van der Waals surface area contributed by atoms with Crippen molar-refractivity contribution < 1.29 is 23.9 Å². The summed E-state index contributed by atoms with van der Waals surface area (Å²) in [5.74, 6) is -1.34. The fraction of sp³-hybridized carbons (Fsp3) is 0.214. The van der Waals surface area contributed by atoms with Crippen LogP contribution in [0.15, 0.2) is 72.0 Å². The number of pyridine rings is 2. The van der Waals surface area contributed by atoms with Gasteiger partial charge in [0.25, 0.3) is 5.91 Å². The third-order valence-corrected chi connectivity index (χ3v) is 6.64. The first-order valence-electron chi connectivity index (χ1n) is 11.9. The number of hydrogen-bond donors (Lipinski definition) is 1. The first kappa shape index (κ1) is 27.0. The van der Waals surface area contributed by atoms with Crippen LogP contribution >= 0.6 is 15.9 Å². The molecule has 0 aliphatic carbocycles. The molecule has 1 N–H and O–H groups in total. The SMILES string of the molecule is CC(=O)Oc1c2n(/c(=N\O)c3cccnc13)CCN(Cc1ccc(F)cc1)C2=O.Cc1ccc(CBr)cc1. The Balaban J connectivity index is 0.000000317. The Morgan fingerprint density at radius 2 is 1.79 bits per heavy atom. The van der Waals surface area contributed by atoms with Gasteiger partial charge in [-0.05, 0) is 42.3 Å². The molecule has 1 aliphatic rings. The van der Waals surface area contributed by atoms with Crippen LogP contribution in [0.3, 0.4) is 0 Å². The predicted molar refractivity (Wildman–Crippen MR) is 143 cm³/mol. The lowest BCUT2D eigenvalue weighted by molar-refractivity contribution is -0.131. The maximum atomic E-state index is 13.3. The van der Waals surface area contributed by atoms with Gasteiger partial charge in [0.15, 0.2) is 16.9 Å². The van der Waals surface area contributed by atoms with Crippen LogP contribution in [0.1, 0.15) is 34.1 Å². The molecule has 8 nitrogen and oxygen atoms in total. The summed E-state index contributed by atoms with van der Waals surface area (Å²) in [4.78, 5) is 30.8. The van der Waals surface area contributed by atoms with Crippen molar-refractivity contribution in [2.75, 3.05) is 6.54 Å². The van der Waals surface area contributed by atoms with Crippen molar-refractivity contribution in [2.45, 2.75) is 32.3 Å². The minimum Gasteiger partial charge on any atom is -0.422 e. The molecule has 0 saturated heterocycles. The van der Waals surface area contributed by atoms with Crippen molar-refractivity contribution in [2.24, 2.45) is 5.16 Å². The van der Waals surface area contributed by atoms with Crippen LogP contribution in [0.5, 0.6) is 5.75 Å². The summed E-state index contributed by atoms with van der Waals surface area (Å²) in [6.07, 6.45) is 1.50. The van der Waals surface area contributed by atoms with E-state index in [-0.39, 0.29) is 34.8 Å². The van der Waals surface area contributed by atoms with Crippen LogP contribution in [0.25, 0.3) is 10.9 Å². The van der Waals surface area contributed by atoms with E-state index in [2.05, 4.69) is 57.3 Å². The van der Waals surface area contributed by atoms with Gasteiger partial charge in [-0.2, -0.15) is 0 Å². The Bertz CT molecular complexity index is 1540. The quantitative estimate of drug-likeness (QED) is 0.160. The average molecular weight is 581 g/mol. The van der Waals surface area contributed by atoms with E-state index in [0.717, 1.165) is 10.9 Å². The standard InChI is InChI=1S/C20H17FN4O4.C8H9Br/c1-12(26)29-18-16-15(3-2-8-22-16)19(23-28)25-10-9-24(20(27)17(18)25)11-13-4-6-14(21)7-5-13;1-7-2-4-8(6-9)5-3-7/h2-8,28H,9-11H2,1H3;2-5H,6H2,1H3/b23-19-;. The number of nitrogens with zero attached hydrogens (tertiary/aromatic N) is 4. The van der Waals surface area contributed by atoms with Crippen LogP contribution in [0, 0.1) is 12.7 Å². The van der Waals surface area contributed by atoms with E-state index < -0.39 is 11.9 Å². The summed E-state index contributed by atoms with van der Waals surface area (Å²) in [5.41, 5.74) is 3.90. The van der Waals surface area contributed by atoms with Crippen molar-refractivity contribution in [3.05, 3.63) is 101 Å². The number of hydrogen-bond acceptors (Lipinski definition) is 6. The predicted octanol–water partition coefficient (Wildman–Crippen LogP) is 4.94. The Labute approximate surface area is 227 Å². The zero-order valence-electron chi connectivity index (χ0n) is 20.9. The molecular formula is C28H26BrFN4O4. The summed E-state index contributed by atoms with van der Waals surface area (Å²) in [7, 11) is 0. The van der Waals surface area contributed by atoms with Crippen LogP contribution < -0.4 is 10.2 Å². The van der Waals surface area contributed by atoms with E-state index in [0.29, 0.717) is 18.5 Å². The van der Waals surface area contributed by atoms with Crippen molar-refractivity contribution in [1.82, 2.24) is 14.5 Å². The molecule has 2 aromatic heterocycles. The summed E-state index contributed by atoms with van der Waals surface area (Å²) >= 11 is 3.38.